The van der Waals surface area contributed by atoms with Gasteiger partial charge in [0.2, 0.25) is 0 Å². The fraction of sp³-hybridized carbons (Fsp3) is 0.250. The number of aromatic nitrogens is 2. The van der Waals surface area contributed by atoms with Crippen molar-refractivity contribution in [2.45, 2.75) is 15.1 Å². The summed E-state index contributed by atoms with van der Waals surface area (Å²) in [6.07, 6.45) is 2.05. The van der Waals surface area contributed by atoms with Crippen LogP contribution < -0.4 is 0 Å². The van der Waals surface area contributed by atoms with Crippen LogP contribution in [0.3, 0.4) is 0 Å². The number of nitrogens with zero attached hydrogens (tertiary/aromatic N) is 2. The van der Waals surface area contributed by atoms with E-state index in [4.69, 9.17) is 0 Å². The molecule has 1 aromatic heterocycles. The molecule has 0 aliphatic rings. The molecule has 7 heteroatoms. The number of ketones is 1. The number of halogens is 1. The van der Waals surface area contributed by atoms with Gasteiger partial charge in [-0.25, -0.2) is 4.39 Å². The quantitative estimate of drug-likeness (QED) is 0.765. The Balaban J connectivity index is 1.86. The van der Waals surface area contributed by atoms with Crippen molar-refractivity contribution in [2.24, 2.45) is 0 Å². The number of rotatable bonds is 6. The molecule has 0 unspecified atom stereocenters. The third kappa shape index (κ3) is 4.29. The van der Waals surface area contributed by atoms with Gasteiger partial charge in [0.1, 0.15) is 11.6 Å². The van der Waals surface area contributed by atoms with Crippen LogP contribution in [0.1, 0.15) is 5.56 Å². The Hall–Kier alpha value is -0.920. The number of carbonyl (C=O) groups excluding carboxylic acids is 1. The first-order valence-corrected chi connectivity index (χ1v) is 8.47. The van der Waals surface area contributed by atoms with Gasteiger partial charge in [-0.1, -0.05) is 53.1 Å². The highest BCUT2D eigenvalue weighted by molar-refractivity contribution is 8.03. The number of benzene rings is 1. The average molecular weight is 314 g/mol. The minimum atomic E-state index is -0.332. The molecule has 0 amide bonds. The summed E-state index contributed by atoms with van der Waals surface area (Å²) in [6.45, 7) is 0. The zero-order valence-electron chi connectivity index (χ0n) is 10.1. The molecule has 2 aromatic rings. The molecule has 0 N–H and O–H groups in total. The Kier molecular flexibility index (Phi) is 5.35. The molecule has 100 valence electrons. The maximum absolute atomic E-state index is 13.4. The van der Waals surface area contributed by atoms with Crippen molar-refractivity contribution in [3.05, 3.63) is 35.6 Å². The summed E-state index contributed by atoms with van der Waals surface area (Å²) < 4.78 is 15.0. The van der Waals surface area contributed by atoms with Crippen LogP contribution in [0, 0.1) is 5.82 Å². The fourth-order valence-corrected chi connectivity index (χ4v) is 3.68. The van der Waals surface area contributed by atoms with Crippen LogP contribution in [0.2, 0.25) is 0 Å². The topological polar surface area (TPSA) is 42.9 Å². The van der Waals surface area contributed by atoms with Crippen molar-refractivity contribution >= 4 is 40.6 Å². The van der Waals surface area contributed by atoms with E-state index in [0.29, 0.717) is 5.56 Å². The van der Waals surface area contributed by atoms with Gasteiger partial charge in [-0.3, -0.25) is 4.79 Å². The van der Waals surface area contributed by atoms with E-state index in [9.17, 15) is 9.18 Å². The van der Waals surface area contributed by atoms with E-state index in [1.54, 1.807) is 18.2 Å². The first kappa shape index (κ1) is 14.5. The highest BCUT2D eigenvalue weighted by Crippen LogP contribution is 2.27. The summed E-state index contributed by atoms with van der Waals surface area (Å²) >= 11 is 4.34. The highest BCUT2D eigenvalue weighted by Gasteiger charge is 2.10. The summed E-state index contributed by atoms with van der Waals surface area (Å²) in [5.41, 5.74) is 0.440. The average Bonchev–Trinajstić information content (AvgIpc) is 2.87. The molecular weight excluding hydrogens is 303 g/mol. The van der Waals surface area contributed by atoms with E-state index in [-0.39, 0.29) is 23.8 Å². The lowest BCUT2D eigenvalue weighted by Gasteiger charge is -2.01. The highest BCUT2D eigenvalue weighted by atomic mass is 32.2. The van der Waals surface area contributed by atoms with Crippen molar-refractivity contribution in [3.8, 4) is 0 Å². The predicted octanol–water partition coefficient (Wildman–Crippen LogP) is 3.30. The molecule has 0 saturated carbocycles. The standard InChI is InChI=1S/C12H11FN2OS3/c1-17-11-14-15-12(19-11)18-7-9(16)6-8-4-2-3-5-10(8)13/h2-5H,6-7H2,1H3. The minimum Gasteiger partial charge on any atom is -0.298 e. The monoisotopic (exact) mass is 314 g/mol. The van der Waals surface area contributed by atoms with E-state index >= 15 is 0 Å². The molecule has 0 saturated heterocycles. The van der Waals surface area contributed by atoms with Crippen LogP contribution in [0.15, 0.2) is 32.9 Å². The van der Waals surface area contributed by atoms with Gasteiger partial charge in [0.05, 0.1) is 5.75 Å². The predicted molar refractivity (Wildman–Crippen MR) is 77.5 cm³/mol. The summed E-state index contributed by atoms with van der Waals surface area (Å²) in [7, 11) is 0. The van der Waals surface area contributed by atoms with Crippen molar-refractivity contribution in [3.63, 3.8) is 0 Å². The van der Waals surface area contributed by atoms with Gasteiger partial charge < -0.3 is 0 Å². The lowest BCUT2D eigenvalue weighted by Crippen LogP contribution is -2.07. The van der Waals surface area contributed by atoms with Crippen LogP contribution in [0.5, 0.6) is 0 Å². The van der Waals surface area contributed by atoms with Crippen LogP contribution in [0.25, 0.3) is 0 Å². The van der Waals surface area contributed by atoms with E-state index in [2.05, 4.69) is 10.2 Å². The lowest BCUT2D eigenvalue weighted by atomic mass is 10.1. The van der Waals surface area contributed by atoms with Gasteiger partial charge in [0.15, 0.2) is 8.68 Å². The van der Waals surface area contributed by atoms with Gasteiger partial charge in [0, 0.05) is 6.42 Å². The zero-order valence-corrected chi connectivity index (χ0v) is 12.6. The minimum absolute atomic E-state index is 0.0176. The Morgan fingerprint density at radius 2 is 2.05 bits per heavy atom. The van der Waals surface area contributed by atoms with E-state index in [0.717, 1.165) is 8.68 Å². The molecule has 0 fully saturated rings. The molecule has 1 aromatic carbocycles. The molecule has 3 nitrogen and oxygen atoms in total. The number of hydrogen-bond acceptors (Lipinski definition) is 6. The maximum Gasteiger partial charge on any atom is 0.175 e. The third-order valence-electron chi connectivity index (χ3n) is 2.26. The number of carbonyl (C=O) groups is 1. The smallest absolute Gasteiger partial charge is 0.175 e. The lowest BCUT2D eigenvalue weighted by molar-refractivity contribution is -0.116. The number of thioether (sulfide) groups is 2. The van der Waals surface area contributed by atoms with Crippen molar-refractivity contribution in [1.82, 2.24) is 10.2 Å². The molecule has 0 aliphatic carbocycles. The molecule has 0 atom stereocenters. The first-order valence-electron chi connectivity index (χ1n) is 5.44. The second-order valence-corrected chi connectivity index (χ2v) is 6.89. The van der Waals surface area contributed by atoms with Crippen LogP contribution in [-0.2, 0) is 11.2 Å². The second-order valence-electron chi connectivity index (χ2n) is 3.63. The Morgan fingerprint density at radius 1 is 1.32 bits per heavy atom. The molecular formula is C12H11FN2OS3. The second kappa shape index (κ2) is 7.02. The molecule has 0 bridgehead atoms. The third-order valence-corrected chi connectivity index (χ3v) is 5.36. The van der Waals surface area contributed by atoms with Crippen LogP contribution in [-0.4, -0.2) is 28.0 Å². The largest absolute Gasteiger partial charge is 0.298 e. The van der Waals surface area contributed by atoms with E-state index in [1.807, 2.05) is 6.26 Å². The van der Waals surface area contributed by atoms with Gasteiger partial charge in [-0.2, -0.15) is 0 Å². The Morgan fingerprint density at radius 3 is 2.74 bits per heavy atom. The van der Waals surface area contributed by atoms with E-state index in [1.165, 1.54) is 40.9 Å². The summed E-state index contributed by atoms with van der Waals surface area (Å²) in [5, 5.41) is 7.92. The SMILES string of the molecule is CSc1nnc(SCC(=O)Cc2ccccc2F)s1. The normalized spacial score (nSPS) is 10.6. The van der Waals surface area contributed by atoms with Crippen molar-refractivity contribution in [2.75, 3.05) is 12.0 Å². The summed E-state index contributed by atoms with van der Waals surface area (Å²) in [5.74, 6) is -0.0606. The molecule has 0 aliphatic heterocycles. The molecule has 1 heterocycles. The Labute approximate surface area is 123 Å². The van der Waals surface area contributed by atoms with Gasteiger partial charge in [-0.15, -0.1) is 10.2 Å². The molecule has 0 spiro atoms. The maximum atomic E-state index is 13.4. The van der Waals surface area contributed by atoms with Gasteiger partial charge >= 0.3 is 0 Å². The Bertz CT molecular complexity index is 574. The van der Waals surface area contributed by atoms with Crippen LogP contribution in [0.4, 0.5) is 4.39 Å². The van der Waals surface area contributed by atoms with Crippen LogP contribution >= 0.6 is 34.9 Å². The number of hydrogen-bond donors (Lipinski definition) is 0. The fourth-order valence-electron chi connectivity index (χ4n) is 1.39. The van der Waals surface area contributed by atoms with Gasteiger partial charge in [-0.05, 0) is 17.9 Å². The molecule has 2 rings (SSSR count). The summed E-state index contributed by atoms with van der Waals surface area (Å²) in [4.78, 5) is 11.8. The number of Topliss-reactive ketones (excluding diaryl/α,β-unsaturated/α-hetero) is 1. The van der Waals surface area contributed by atoms with Gasteiger partial charge in [0.25, 0.3) is 0 Å². The van der Waals surface area contributed by atoms with Crippen molar-refractivity contribution in [1.29, 1.82) is 0 Å². The van der Waals surface area contributed by atoms with E-state index < -0.39 is 0 Å². The molecule has 0 radical (unpaired) electrons. The summed E-state index contributed by atoms with van der Waals surface area (Å²) in [6, 6.07) is 6.34. The van der Waals surface area contributed by atoms with Crippen molar-refractivity contribution < 1.29 is 9.18 Å². The first-order chi connectivity index (χ1) is 9.19. The zero-order chi connectivity index (χ0) is 13.7. The molecule has 19 heavy (non-hydrogen) atoms.